The fourth-order valence-electron chi connectivity index (χ4n) is 2.85. The van der Waals surface area contributed by atoms with E-state index in [2.05, 4.69) is 25.1 Å². The highest BCUT2D eigenvalue weighted by Gasteiger charge is 2.24. The largest absolute Gasteiger partial charge is 0.357 e. The molecule has 1 atom stereocenters. The quantitative estimate of drug-likeness (QED) is 0.794. The van der Waals surface area contributed by atoms with Crippen LogP contribution in [0.25, 0.3) is 0 Å². The van der Waals surface area contributed by atoms with Crippen LogP contribution in [0.5, 0.6) is 0 Å². The summed E-state index contributed by atoms with van der Waals surface area (Å²) < 4.78 is 17.2. The van der Waals surface area contributed by atoms with Crippen molar-refractivity contribution in [2.75, 3.05) is 13.2 Å². The molecular weight excluding hydrogens is 276 g/mol. The van der Waals surface area contributed by atoms with Gasteiger partial charge in [-0.1, -0.05) is 37.1 Å². The minimum absolute atomic E-state index is 0.203. The second-order valence-corrected chi connectivity index (χ2v) is 6.09. The van der Waals surface area contributed by atoms with Gasteiger partial charge in [0.1, 0.15) is 5.56 Å². The Morgan fingerprint density at radius 3 is 2.70 bits per heavy atom. The smallest absolute Gasteiger partial charge is 0.183 e. The lowest BCUT2D eigenvalue weighted by atomic mass is 9.99. The summed E-state index contributed by atoms with van der Waals surface area (Å²) in [4.78, 5) is 0. The number of fused-ring (bicyclic) bond motifs is 1. The Bertz CT molecular complexity index is 455. The van der Waals surface area contributed by atoms with Gasteiger partial charge in [-0.3, -0.25) is 0 Å². The molecular formula is C16H21ClO3. The van der Waals surface area contributed by atoms with Crippen molar-refractivity contribution in [2.24, 2.45) is 5.92 Å². The molecule has 3 nitrogen and oxygen atoms in total. The first kappa shape index (κ1) is 14.3. The summed E-state index contributed by atoms with van der Waals surface area (Å²) in [6.45, 7) is 4.34. The van der Waals surface area contributed by atoms with E-state index in [0.29, 0.717) is 12.5 Å². The molecule has 2 aliphatic heterocycles. The molecule has 0 N–H and O–H groups in total. The van der Waals surface area contributed by atoms with Crippen molar-refractivity contribution in [3.63, 3.8) is 0 Å². The zero-order chi connectivity index (χ0) is 13.9. The van der Waals surface area contributed by atoms with Gasteiger partial charge in [0.25, 0.3) is 0 Å². The molecule has 0 saturated carbocycles. The molecule has 2 aliphatic rings. The number of halogens is 1. The molecule has 3 rings (SSSR count). The number of alkyl halides is 1. The third-order valence-corrected chi connectivity index (χ3v) is 4.25. The number of benzene rings is 1. The maximum atomic E-state index is 6.01. The topological polar surface area (TPSA) is 27.7 Å². The average Bonchev–Trinajstić information content (AvgIpc) is 2.48. The van der Waals surface area contributed by atoms with Crippen molar-refractivity contribution >= 4 is 11.6 Å². The van der Waals surface area contributed by atoms with Gasteiger partial charge in [0.15, 0.2) is 6.29 Å². The second kappa shape index (κ2) is 6.44. The zero-order valence-corrected chi connectivity index (χ0v) is 12.6. The van der Waals surface area contributed by atoms with Crippen LogP contribution in [-0.4, -0.2) is 18.8 Å². The van der Waals surface area contributed by atoms with Crippen LogP contribution >= 0.6 is 11.6 Å². The van der Waals surface area contributed by atoms with E-state index in [4.69, 9.17) is 25.8 Å². The Morgan fingerprint density at radius 2 is 1.95 bits per heavy atom. The molecule has 0 aromatic heterocycles. The molecule has 1 unspecified atom stereocenters. The minimum Gasteiger partial charge on any atom is -0.357 e. The summed E-state index contributed by atoms with van der Waals surface area (Å²) in [5.41, 5.74) is 3.34. The monoisotopic (exact) mass is 296 g/mol. The van der Waals surface area contributed by atoms with Crippen LogP contribution in [0.3, 0.4) is 0 Å². The zero-order valence-electron chi connectivity index (χ0n) is 11.8. The van der Waals surface area contributed by atoms with E-state index >= 15 is 0 Å². The van der Waals surface area contributed by atoms with Gasteiger partial charge in [-0.25, -0.2) is 0 Å². The van der Waals surface area contributed by atoms with Crippen LogP contribution in [0.1, 0.15) is 42.7 Å². The highest BCUT2D eigenvalue weighted by molar-refractivity contribution is 6.19. The lowest BCUT2D eigenvalue weighted by Gasteiger charge is -2.30. The van der Waals surface area contributed by atoms with E-state index < -0.39 is 0 Å². The fourth-order valence-corrected chi connectivity index (χ4v) is 3.08. The van der Waals surface area contributed by atoms with Crippen LogP contribution in [0, 0.1) is 5.92 Å². The molecule has 0 aliphatic carbocycles. The predicted octanol–water partition coefficient (Wildman–Crippen LogP) is 3.79. The van der Waals surface area contributed by atoms with Crippen molar-refractivity contribution in [3.8, 4) is 0 Å². The van der Waals surface area contributed by atoms with Crippen molar-refractivity contribution < 1.29 is 14.2 Å². The number of ether oxygens (including phenoxy) is 3. The SMILES string of the molecule is CCCC1COC(c2ccc3c(c2)COC(Cl)C3)OC1. The Morgan fingerprint density at radius 1 is 1.15 bits per heavy atom. The minimum atomic E-state index is -0.234. The van der Waals surface area contributed by atoms with E-state index in [-0.39, 0.29) is 11.9 Å². The average molecular weight is 297 g/mol. The molecule has 0 bridgehead atoms. The third kappa shape index (κ3) is 3.17. The lowest BCUT2D eigenvalue weighted by molar-refractivity contribution is -0.206. The van der Waals surface area contributed by atoms with Crippen molar-refractivity contribution in [1.29, 1.82) is 0 Å². The molecule has 2 heterocycles. The van der Waals surface area contributed by atoms with Gasteiger partial charge in [0, 0.05) is 17.9 Å². The van der Waals surface area contributed by atoms with E-state index in [1.54, 1.807) is 0 Å². The third-order valence-electron chi connectivity index (χ3n) is 3.97. The van der Waals surface area contributed by atoms with Gasteiger partial charge in [-0.05, 0) is 23.6 Å². The highest BCUT2D eigenvalue weighted by atomic mass is 35.5. The molecule has 4 heteroatoms. The first-order valence-electron chi connectivity index (χ1n) is 7.37. The molecule has 0 spiro atoms. The summed E-state index contributed by atoms with van der Waals surface area (Å²) in [6, 6.07) is 6.33. The second-order valence-electron chi connectivity index (χ2n) is 5.61. The summed E-state index contributed by atoms with van der Waals surface area (Å²) >= 11 is 6.01. The standard InChI is InChI=1S/C16H21ClO3/c1-2-3-11-8-19-16(20-9-11)13-5-4-12-7-15(17)18-10-14(12)6-13/h4-6,11,15-16H,2-3,7-10H2,1H3. The highest BCUT2D eigenvalue weighted by Crippen LogP contribution is 2.30. The van der Waals surface area contributed by atoms with Crippen LogP contribution < -0.4 is 0 Å². The van der Waals surface area contributed by atoms with Crippen LogP contribution in [-0.2, 0) is 27.2 Å². The molecule has 1 saturated heterocycles. The molecule has 1 aromatic carbocycles. The van der Waals surface area contributed by atoms with Crippen LogP contribution in [0.15, 0.2) is 18.2 Å². The van der Waals surface area contributed by atoms with Crippen molar-refractivity contribution in [3.05, 3.63) is 34.9 Å². The van der Waals surface area contributed by atoms with Gasteiger partial charge < -0.3 is 14.2 Å². The van der Waals surface area contributed by atoms with E-state index in [0.717, 1.165) is 25.2 Å². The van der Waals surface area contributed by atoms with Gasteiger partial charge in [-0.15, -0.1) is 0 Å². The van der Waals surface area contributed by atoms with E-state index in [1.165, 1.54) is 24.0 Å². The summed E-state index contributed by atoms with van der Waals surface area (Å²) in [7, 11) is 0. The van der Waals surface area contributed by atoms with Gasteiger partial charge in [0.05, 0.1) is 19.8 Å². The van der Waals surface area contributed by atoms with Gasteiger partial charge in [0.2, 0.25) is 0 Å². The summed E-state index contributed by atoms with van der Waals surface area (Å²) in [5, 5.41) is 0. The maximum Gasteiger partial charge on any atom is 0.183 e. The summed E-state index contributed by atoms with van der Waals surface area (Å²) in [6.07, 6.45) is 2.88. The predicted molar refractivity (Wildman–Crippen MR) is 77.6 cm³/mol. The van der Waals surface area contributed by atoms with Gasteiger partial charge in [-0.2, -0.15) is 0 Å². The van der Waals surface area contributed by atoms with Crippen LogP contribution in [0.4, 0.5) is 0 Å². The van der Waals surface area contributed by atoms with Crippen LogP contribution in [0.2, 0.25) is 0 Å². The van der Waals surface area contributed by atoms with Crippen molar-refractivity contribution in [2.45, 2.75) is 44.6 Å². The molecule has 0 amide bonds. The summed E-state index contributed by atoms with van der Waals surface area (Å²) in [5.74, 6) is 0.536. The first-order chi connectivity index (χ1) is 9.76. The Balaban J connectivity index is 1.66. The fraction of sp³-hybridized carbons (Fsp3) is 0.625. The van der Waals surface area contributed by atoms with E-state index in [1.807, 2.05) is 0 Å². The lowest BCUT2D eigenvalue weighted by Crippen LogP contribution is -2.27. The molecule has 1 aromatic rings. The van der Waals surface area contributed by atoms with E-state index in [9.17, 15) is 0 Å². The Kier molecular flexibility index (Phi) is 4.61. The molecule has 1 fully saturated rings. The van der Waals surface area contributed by atoms with Gasteiger partial charge >= 0.3 is 0 Å². The first-order valence-corrected chi connectivity index (χ1v) is 7.80. The molecule has 20 heavy (non-hydrogen) atoms. The Labute approximate surface area is 125 Å². The normalized spacial score (nSPS) is 30.0. The molecule has 0 radical (unpaired) electrons. The Hall–Kier alpha value is -0.610. The number of hydrogen-bond acceptors (Lipinski definition) is 3. The number of hydrogen-bond donors (Lipinski definition) is 0. The van der Waals surface area contributed by atoms with Crippen molar-refractivity contribution in [1.82, 2.24) is 0 Å². The number of rotatable bonds is 3. The molecule has 110 valence electrons. The maximum absolute atomic E-state index is 6.01.